The fourth-order valence-corrected chi connectivity index (χ4v) is 2.70. The van der Waals surface area contributed by atoms with Crippen LogP contribution in [-0.4, -0.2) is 23.1 Å². The first-order valence-corrected chi connectivity index (χ1v) is 7.72. The second-order valence-electron chi connectivity index (χ2n) is 5.49. The minimum atomic E-state index is 0.794. The lowest BCUT2D eigenvalue weighted by Crippen LogP contribution is -2.30. The molecule has 2 aromatic heterocycles. The molecule has 0 saturated carbocycles. The van der Waals surface area contributed by atoms with Crippen molar-refractivity contribution < 1.29 is 0 Å². The van der Waals surface area contributed by atoms with Crippen LogP contribution in [0.3, 0.4) is 0 Å². The maximum atomic E-state index is 4.52. The van der Waals surface area contributed by atoms with Crippen molar-refractivity contribution in [3.8, 4) is 0 Å². The van der Waals surface area contributed by atoms with E-state index in [-0.39, 0.29) is 0 Å². The van der Waals surface area contributed by atoms with Crippen LogP contribution in [0.25, 0.3) is 0 Å². The molecule has 1 saturated heterocycles. The normalized spacial score (nSPS) is 15.1. The third-order valence-electron chi connectivity index (χ3n) is 3.85. The summed E-state index contributed by atoms with van der Waals surface area (Å²) in [5.74, 6) is 1.12. The van der Waals surface area contributed by atoms with Crippen molar-refractivity contribution in [3.63, 3.8) is 0 Å². The second kappa shape index (κ2) is 7.18. The molecule has 0 aromatic carbocycles. The Balaban J connectivity index is 1.55. The molecule has 4 nitrogen and oxygen atoms in total. The molecule has 0 bridgehead atoms. The second-order valence-corrected chi connectivity index (χ2v) is 5.49. The van der Waals surface area contributed by atoms with E-state index in [9.17, 15) is 0 Å². The molecule has 0 aliphatic carbocycles. The third kappa shape index (κ3) is 4.02. The van der Waals surface area contributed by atoms with Crippen molar-refractivity contribution in [1.82, 2.24) is 15.3 Å². The third-order valence-corrected chi connectivity index (χ3v) is 3.85. The molecular formula is C17H22N4. The molecule has 4 heteroatoms. The largest absolute Gasteiger partial charge is 0.357 e. The van der Waals surface area contributed by atoms with E-state index in [1.165, 1.54) is 24.8 Å². The van der Waals surface area contributed by atoms with E-state index in [0.717, 1.165) is 37.7 Å². The van der Waals surface area contributed by atoms with Crippen molar-refractivity contribution in [3.05, 3.63) is 54.0 Å². The molecule has 0 amide bonds. The molecule has 3 rings (SSSR count). The van der Waals surface area contributed by atoms with E-state index in [2.05, 4.69) is 32.3 Å². The van der Waals surface area contributed by atoms with Crippen molar-refractivity contribution in [2.24, 2.45) is 0 Å². The van der Waals surface area contributed by atoms with Crippen molar-refractivity contribution >= 4 is 5.82 Å². The average Bonchev–Trinajstić information content (AvgIpc) is 2.57. The molecule has 0 unspecified atom stereocenters. The van der Waals surface area contributed by atoms with E-state index in [0.29, 0.717) is 0 Å². The molecule has 110 valence electrons. The Morgan fingerprint density at radius 2 is 1.86 bits per heavy atom. The van der Waals surface area contributed by atoms with Crippen molar-refractivity contribution in [1.29, 1.82) is 0 Å². The number of pyridine rings is 2. The lowest BCUT2D eigenvalue weighted by Gasteiger charge is -2.27. The summed E-state index contributed by atoms with van der Waals surface area (Å²) >= 11 is 0. The van der Waals surface area contributed by atoms with E-state index >= 15 is 0 Å². The minimum Gasteiger partial charge on any atom is -0.357 e. The first-order chi connectivity index (χ1) is 10.4. The number of anilines is 1. The Kier molecular flexibility index (Phi) is 4.79. The summed E-state index contributed by atoms with van der Waals surface area (Å²) < 4.78 is 0. The van der Waals surface area contributed by atoms with Crippen LogP contribution in [0.15, 0.2) is 42.7 Å². The number of aromatic nitrogens is 2. The molecular weight excluding hydrogens is 260 g/mol. The smallest absolute Gasteiger partial charge is 0.128 e. The molecule has 0 radical (unpaired) electrons. The van der Waals surface area contributed by atoms with Crippen molar-refractivity contribution in [2.75, 3.05) is 18.0 Å². The summed E-state index contributed by atoms with van der Waals surface area (Å²) in [6.45, 7) is 3.91. The minimum absolute atomic E-state index is 0.794. The molecule has 1 N–H and O–H groups in total. The van der Waals surface area contributed by atoms with Gasteiger partial charge in [0.05, 0.1) is 5.69 Å². The van der Waals surface area contributed by atoms with Gasteiger partial charge in [0, 0.05) is 38.6 Å². The molecule has 1 aliphatic heterocycles. The number of nitrogens with one attached hydrogen (secondary N) is 1. The van der Waals surface area contributed by atoms with Crippen LogP contribution in [0.2, 0.25) is 0 Å². The van der Waals surface area contributed by atoms with Crippen LogP contribution >= 0.6 is 0 Å². The summed E-state index contributed by atoms with van der Waals surface area (Å²) in [7, 11) is 0. The summed E-state index contributed by atoms with van der Waals surface area (Å²) in [6.07, 6.45) is 7.66. The highest BCUT2D eigenvalue weighted by atomic mass is 15.2. The Hall–Kier alpha value is -1.94. The van der Waals surface area contributed by atoms with Gasteiger partial charge in [-0.05, 0) is 49.1 Å². The highest BCUT2D eigenvalue weighted by Gasteiger charge is 2.12. The van der Waals surface area contributed by atoms with Crippen LogP contribution in [-0.2, 0) is 13.1 Å². The highest BCUT2D eigenvalue weighted by Crippen LogP contribution is 2.18. The van der Waals surface area contributed by atoms with Gasteiger partial charge in [-0.25, -0.2) is 4.98 Å². The van der Waals surface area contributed by atoms with E-state index in [4.69, 9.17) is 0 Å². The summed E-state index contributed by atoms with van der Waals surface area (Å²) in [5, 5.41) is 3.44. The molecule has 2 aromatic rings. The van der Waals surface area contributed by atoms with E-state index in [1.807, 2.05) is 30.6 Å². The molecule has 1 aliphatic rings. The number of hydrogen-bond donors (Lipinski definition) is 1. The topological polar surface area (TPSA) is 41.1 Å². The molecule has 3 heterocycles. The lowest BCUT2D eigenvalue weighted by atomic mass is 10.1. The molecule has 1 fully saturated rings. The van der Waals surface area contributed by atoms with Gasteiger partial charge in [-0.15, -0.1) is 0 Å². The zero-order chi connectivity index (χ0) is 14.3. The Morgan fingerprint density at radius 3 is 2.67 bits per heavy atom. The quantitative estimate of drug-likeness (QED) is 0.915. The maximum absolute atomic E-state index is 4.52. The van der Waals surface area contributed by atoms with Gasteiger partial charge in [0.1, 0.15) is 5.82 Å². The van der Waals surface area contributed by atoms with Gasteiger partial charge in [-0.3, -0.25) is 4.98 Å². The standard InChI is InChI=1S/C17H22N4/c1-4-10-21(11-5-1)17-12-15(7-9-20-17)13-18-14-16-6-2-3-8-19-16/h2-3,6-9,12,18H,1,4-5,10-11,13-14H2. The van der Waals surface area contributed by atoms with Crippen LogP contribution in [0.5, 0.6) is 0 Å². The SMILES string of the molecule is c1ccc(CNCc2ccnc(N3CCCCC3)c2)nc1. The molecule has 21 heavy (non-hydrogen) atoms. The maximum Gasteiger partial charge on any atom is 0.128 e. The van der Waals surface area contributed by atoms with Crippen molar-refractivity contribution in [2.45, 2.75) is 32.4 Å². The Labute approximate surface area is 126 Å². The van der Waals surface area contributed by atoms with Gasteiger partial charge < -0.3 is 10.2 Å². The van der Waals surface area contributed by atoms with E-state index < -0.39 is 0 Å². The number of hydrogen-bond acceptors (Lipinski definition) is 4. The summed E-state index contributed by atoms with van der Waals surface area (Å²) in [5.41, 5.74) is 2.35. The zero-order valence-corrected chi connectivity index (χ0v) is 12.3. The van der Waals surface area contributed by atoms with Gasteiger partial charge in [0.15, 0.2) is 0 Å². The fourth-order valence-electron chi connectivity index (χ4n) is 2.70. The molecule has 0 atom stereocenters. The fraction of sp³-hybridized carbons (Fsp3) is 0.412. The number of nitrogens with zero attached hydrogens (tertiary/aromatic N) is 3. The predicted octanol–water partition coefficient (Wildman–Crippen LogP) is 2.76. The van der Waals surface area contributed by atoms with Gasteiger partial charge >= 0.3 is 0 Å². The lowest BCUT2D eigenvalue weighted by molar-refractivity contribution is 0.573. The van der Waals surface area contributed by atoms with Gasteiger partial charge in [0.25, 0.3) is 0 Å². The Morgan fingerprint density at radius 1 is 0.952 bits per heavy atom. The average molecular weight is 282 g/mol. The highest BCUT2D eigenvalue weighted by molar-refractivity contribution is 5.41. The monoisotopic (exact) mass is 282 g/mol. The van der Waals surface area contributed by atoms with Crippen LogP contribution < -0.4 is 10.2 Å². The van der Waals surface area contributed by atoms with Gasteiger partial charge in [-0.1, -0.05) is 6.07 Å². The van der Waals surface area contributed by atoms with Gasteiger partial charge in [0.2, 0.25) is 0 Å². The summed E-state index contributed by atoms with van der Waals surface area (Å²) in [6, 6.07) is 10.3. The first-order valence-electron chi connectivity index (χ1n) is 7.72. The zero-order valence-electron chi connectivity index (χ0n) is 12.3. The Bertz CT molecular complexity index is 550. The predicted molar refractivity (Wildman–Crippen MR) is 85.1 cm³/mol. The van der Waals surface area contributed by atoms with Gasteiger partial charge in [-0.2, -0.15) is 0 Å². The van der Waals surface area contributed by atoms with E-state index in [1.54, 1.807) is 0 Å². The summed E-state index contributed by atoms with van der Waals surface area (Å²) in [4.78, 5) is 11.2. The van der Waals surface area contributed by atoms with Crippen LogP contribution in [0, 0.1) is 0 Å². The number of rotatable bonds is 5. The molecule has 0 spiro atoms. The first kappa shape index (κ1) is 14.0. The number of piperidine rings is 1. The van der Waals surface area contributed by atoms with Crippen LogP contribution in [0.4, 0.5) is 5.82 Å². The van der Waals surface area contributed by atoms with Crippen LogP contribution in [0.1, 0.15) is 30.5 Å².